The van der Waals surface area contributed by atoms with Crippen LogP contribution in [0.4, 0.5) is 4.79 Å². The van der Waals surface area contributed by atoms with E-state index in [0.717, 1.165) is 0 Å². The Balaban J connectivity index is 2.74. The number of amides is 3. The molecule has 1 saturated heterocycles. The fraction of sp³-hybridized carbons (Fsp3) is 0.667. The molecule has 3 amide bonds. The molecule has 0 radical (unpaired) electrons. The maximum atomic E-state index is 12.1. The van der Waals surface area contributed by atoms with E-state index in [-0.39, 0.29) is 31.8 Å². The number of piperazine rings is 1. The minimum Gasteiger partial charge on any atom is -0.481 e. The summed E-state index contributed by atoms with van der Waals surface area (Å²) in [7, 11) is 0. The average molecular weight is 301 g/mol. The lowest BCUT2D eigenvalue weighted by molar-refractivity contribution is -0.140. The van der Waals surface area contributed by atoms with Gasteiger partial charge in [-0.1, -0.05) is 0 Å². The van der Waals surface area contributed by atoms with Gasteiger partial charge in [-0.2, -0.15) is 0 Å². The average Bonchev–Trinajstić information content (AvgIpc) is 2.36. The molecular formula is C12H19N3O6. The number of hydrogen-bond donors (Lipinski definition) is 4. The standard InChI is InChI=1S/C12H19N3O6/c1-12(2)10(20)13-5-6-15(12)11(21)14-7(9(18)19)3-4-8(16)17/h7H,3-6H2,1-2H3,(H,13,20)(H,14,21)(H,16,17)(H,18,19). The molecular weight excluding hydrogens is 282 g/mol. The summed E-state index contributed by atoms with van der Waals surface area (Å²) in [4.78, 5) is 46.7. The summed E-state index contributed by atoms with van der Waals surface area (Å²) in [5.74, 6) is -2.79. The van der Waals surface area contributed by atoms with E-state index in [4.69, 9.17) is 10.2 Å². The van der Waals surface area contributed by atoms with Gasteiger partial charge in [0, 0.05) is 19.5 Å². The summed E-state index contributed by atoms with van der Waals surface area (Å²) in [6.07, 6.45) is -0.599. The normalized spacial score (nSPS) is 18.6. The second-order valence-electron chi connectivity index (χ2n) is 5.24. The zero-order valence-electron chi connectivity index (χ0n) is 11.9. The van der Waals surface area contributed by atoms with E-state index in [1.54, 1.807) is 13.8 Å². The Kier molecular flexibility index (Phi) is 5.12. The molecule has 1 aliphatic heterocycles. The van der Waals surface area contributed by atoms with Gasteiger partial charge in [0.1, 0.15) is 11.6 Å². The highest BCUT2D eigenvalue weighted by molar-refractivity contribution is 5.92. The smallest absolute Gasteiger partial charge is 0.326 e. The first kappa shape index (κ1) is 16.7. The molecule has 118 valence electrons. The van der Waals surface area contributed by atoms with E-state index >= 15 is 0 Å². The monoisotopic (exact) mass is 301 g/mol. The molecule has 1 fully saturated rings. The molecule has 9 heteroatoms. The van der Waals surface area contributed by atoms with E-state index in [1.807, 2.05) is 0 Å². The summed E-state index contributed by atoms with van der Waals surface area (Å²) >= 11 is 0. The molecule has 1 atom stereocenters. The van der Waals surface area contributed by atoms with Gasteiger partial charge >= 0.3 is 18.0 Å². The van der Waals surface area contributed by atoms with E-state index in [0.29, 0.717) is 0 Å². The van der Waals surface area contributed by atoms with Crippen LogP contribution in [0.15, 0.2) is 0 Å². The lowest BCUT2D eigenvalue weighted by atomic mass is 9.99. The number of hydrogen-bond acceptors (Lipinski definition) is 4. The van der Waals surface area contributed by atoms with Crippen LogP contribution >= 0.6 is 0 Å². The summed E-state index contributed by atoms with van der Waals surface area (Å²) in [5.41, 5.74) is -1.10. The number of carbonyl (C=O) groups excluding carboxylic acids is 2. The van der Waals surface area contributed by atoms with Crippen molar-refractivity contribution in [2.45, 2.75) is 38.3 Å². The van der Waals surface area contributed by atoms with Gasteiger partial charge in [0.2, 0.25) is 5.91 Å². The third kappa shape index (κ3) is 4.07. The number of urea groups is 1. The Morgan fingerprint density at radius 2 is 2.00 bits per heavy atom. The molecule has 1 unspecified atom stereocenters. The van der Waals surface area contributed by atoms with Crippen LogP contribution in [0.5, 0.6) is 0 Å². The number of carboxylic acids is 2. The molecule has 0 saturated carbocycles. The van der Waals surface area contributed by atoms with Crippen molar-refractivity contribution in [3.8, 4) is 0 Å². The highest BCUT2D eigenvalue weighted by atomic mass is 16.4. The maximum Gasteiger partial charge on any atom is 0.326 e. The van der Waals surface area contributed by atoms with E-state index < -0.39 is 29.6 Å². The third-order valence-corrected chi connectivity index (χ3v) is 3.34. The number of rotatable bonds is 5. The topological polar surface area (TPSA) is 136 Å². The Morgan fingerprint density at radius 3 is 2.52 bits per heavy atom. The summed E-state index contributed by atoms with van der Waals surface area (Å²) in [5, 5.41) is 22.5. The van der Waals surface area contributed by atoms with Crippen molar-refractivity contribution in [1.29, 1.82) is 0 Å². The Labute approximate surface area is 121 Å². The van der Waals surface area contributed by atoms with Gasteiger partial charge in [0.05, 0.1) is 0 Å². The fourth-order valence-corrected chi connectivity index (χ4v) is 2.01. The first-order valence-corrected chi connectivity index (χ1v) is 6.47. The first-order valence-electron chi connectivity index (χ1n) is 6.47. The van der Waals surface area contributed by atoms with Gasteiger partial charge in [0.15, 0.2) is 0 Å². The van der Waals surface area contributed by atoms with Gasteiger partial charge in [-0.15, -0.1) is 0 Å². The second-order valence-corrected chi connectivity index (χ2v) is 5.24. The Morgan fingerprint density at radius 1 is 1.38 bits per heavy atom. The largest absolute Gasteiger partial charge is 0.481 e. The minimum absolute atomic E-state index is 0.225. The highest BCUT2D eigenvalue weighted by Gasteiger charge is 2.41. The number of carboxylic acid groups (broad SMARTS) is 2. The van der Waals surface area contributed by atoms with Crippen LogP contribution < -0.4 is 10.6 Å². The summed E-state index contributed by atoms with van der Waals surface area (Å²) < 4.78 is 0. The van der Waals surface area contributed by atoms with E-state index in [9.17, 15) is 19.2 Å². The van der Waals surface area contributed by atoms with Crippen molar-refractivity contribution < 1.29 is 29.4 Å². The molecule has 1 heterocycles. The zero-order valence-corrected chi connectivity index (χ0v) is 11.9. The van der Waals surface area contributed by atoms with Crippen LogP contribution in [0.3, 0.4) is 0 Å². The molecule has 1 aliphatic rings. The van der Waals surface area contributed by atoms with Crippen molar-refractivity contribution in [2.75, 3.05) is 13.1 Å². The van der Waals surface area contributed by atoms with Crippen molar-refractivity contribution in [3.05, 3.63) is 0 Å². The maximum absolute atomic E-state index is 12.1. The van der Waals surface area contributed by atoms with Gasteiger partial charge in [-0.05, 0) is 20.3 Å². The number of aliphatic carboxylic acids is 2. The second kappa shape index (κ2) is 6.42. The molecule has 21 heavy (non-hydrogen) atoms. The van der Waals surface area contributed by atoms with Crippen LogP contribution in [-0.2, 0) is 14.4 Å². The minimum atomic E-state index is -1.32. The third-order valence-electron chi connectivity index (χ3n) is 3.34. The number of nitrogens with one attached hydrogen (secondary N) is 2. The summed E-state index contributed by atoms with van der Waals surface area (Å²) in [6, 6.07) is -2.01. The van der Waals surface area contributed by atoms with Crippen molar-refractivity contribution in [3.63, 3.8) is 0 Å². The van der Waals surface area contributed by atoms with Crippen LogP contribution in [0.25, 0.3) is 0 Å². The predicted molar refractivity (Wildman–Crippen MR) is 70.6 cm³/mol. The lowest BCUT2D eigenvalue weighted by Crippen LogP contribution is -2.66. The fourth-order valence-electron chi connectivity index (χ4n) is 2.01. The van der Waals surface area contributed by atoms with Crippen molar-refractivity contribution in [1.82, 2.24) is 15.5 Å². The number of nitrogens with zero attached hydrogens (tertiary/aromatic N) is 1. The van der Waals surface area contributed by atoms with Crippen LogP contribution in [0.2, 0.25) is 0 Å². The van der Waals surface area contributed by atoms with Crippen molar-refractivity contribution >= 4 is 23.9 Å². The Bertz CT molecular complexity index is 462. The highest BCUT2D eigenvalue weighted by Crippen LogP contribution is 2.17. The molecule has 0 aromatic heterocycles. The van der Waals surface area contributed by atoms with E-state index in [2.05, 4.69) is 10.6 Å². The molecule has 9 nitrogen and oxygen atoms in total. The lowest BCUT2D eigenvalue weighted by Gasteiger charge is -2.41. The molecule has 0 aromatic carbocycles. The van der Waals surface area contributed by atoms with Crippen LogP contribution in [0.1, 0.15) is 26.7 Å². The Hall–Kier alpha value is -2.32. The molecule has 1 rings (SSSR count). The van der Waals surface area contributed by atoms with Crippen molar-refractivity contribution in [2.24, 2.45) is 0 Å². The first-order chi connectivity index (χ1) is 9.66. The van der Waals surface area contributed by atoms with Gasteiger partial charge < -0.3 is 25.7 Å². The SMILES string of the molecule is CC1(C)C(=O)NCCN1C(=O)NC(CCC(=O)O)C(=O)O. The molecule has 0 aliphatic carbocycles. The molecule has 0 spiro atoms. The molecule has 0 aromatic rings. The number of carbonyl (C=O) groups is 4. The van der Waals surface area contributed by atoms with Crippen LogP contribution in [-0.4, -0.2) is 63.7 Å². The molecule has 0 bridgehead atoms. The predicted octanol–water partition coefficient (Wildman–Crippen LogP) is -0.776. The quantitative estimate of drug-likeness (QED) is 0.526. The zero-order chi connectivity index (χ0) is 16.2. The van der Waals surface area contributed by atoms with Gasteiger partial charge in [-0.25, -0.2) is 9.59 Å². The van der Waals surface area contributed by atoms with Gasteiger partial charge in [-0.3, -0.25) is 9.59 Å². The van der Waals surface area contributed by atoms with Gasteiger partial charge in [0.25, 0.3) is 0 Å². The van der Waals surface area contributed by atoms with Crippen LogP contribution in [0, 0.1) is 0 Å². The molecule has 4 N–H and O–H groups in total. The summed E-state index contributed by atoms with van der Waals surface area (Å²) in [6.45, 7) is 3.63. The van der Waals surface area contributed by atoms with E-state index in [1.165, 1.54) is 4.90 Å².